The summed E-state index contributed by atoms with van der Waals surface area (Å²) in [4.78, 5) is 30.1. The van der Waals surface area contributed by atoms with Gasteiger partial charge < -0.3 is 5.32 Å². The lowest BCUT2D eigenvalue weighted by Crippen LogP contribution is -2.23. The summed E-state index contributed by atoms with van der Waals surface area (Å²) in [5.41, 5.74) is 0.905. The van der Waals surface area contributed by atoms with Gasteiger partial charge >= 0.3 is 0 Å². The maximum Gasteiger partial charge on any atom is 0.266 e. The number of nitrogens with zero attached hydrogens (tertiary/aromatic N) is 2. The molecule has 0 aliphatic rings. The molecule has 0 spiro atoms. The summed E-state index contributed by atoms with van der Waals surface area (Å²) < 4.78 is 15.2. The van der Waals surface area contributed by atoms with E-state index in [1.54, 1.807) is 60.7 Å². The van der Waals surface area contributed by atoms with Gasteiger partial charge in [-0.1, -0.05) is 53.7 Å². The van der Waals surface area contributed by atoms with Crippen molar-refractivity contribution < 1.29 is 9.18 Å². The van der Waals surface area contributed by atoms with Crippen LogP contribution in [0.25, 0.3) is 16.6 Å². The summed E-state index contributed by atoms with van der Waals surface area (Å²) in [7, 11) is 0. The smallest absolute Gasteiger partial charge is 0.266 e. The van der Waals surface area contributed by atoms with Crippen molar-refractivity contribution >= 4 is 45.9 Å². The maximum absolute atomic E-state index is 13.8. The third-order valence-electron chi connectivity index (χ3n) is 4.29. The Morgan fingerprint density at radius 2 is 1.83 bits per heavy atom. The second-order valence-electron chi connectivity index (χ2n) is 6.35. The Morgan fingerprint density at radius 1 is 1.07 bits per heavy atom. The van der Waals surface area contributed by atoms with E-state index >= 15 is 0 Å². The first-order chi connectivity index (χ1) is 14.5. The summed E-state index contributed by atoms with van der Waals surface area (Å²) in [6.07, 6.45) is 0. The Kier molecular flexibility index (Phi) is 5.83. The molecule has 0 fully saturated rings. The number of para-hydroxylation sites is 2. The van der Waals surface area contributed by atoms with E-state index in [4.69, 9.17) is 11.6 Å². The Balaban J connectivity index is 1.69. The minimum Gasteiger partial charge on any atom is -0.323 e. The van der Waals surface area contributed by atoms with Crippen molar-refractivity contribution in [2.24, 2.45) is 0 Å². The van der Waals surface area contributed by atoms with E-state index in [0.29, 0.717) is 26.8 Å². The van der Waals surface area contributed by atoms with E-state index in [0.717, 1.165) is 11.8 Å². The summed E-state index contributed by atoms with van der Waals surface area (Å²) in [5.74, 6) is -0.986. The molecule has 0 unspecified atom stereocenters. The van der Waals surface area contributed by atoms with Crippen LogP contribution in [-0.2, 0) is 4.79 Å². The van der Waals surface area contributed by atoms with Crippen molar-refractivity contribution in [1.29, 1.82) is 0 Å². The van der Waals surface area contributed by atoms with E-state index in [1.807, 2.05) is 0 Å². The topological polar surface area (TPSA) is 64.0 Å². The highest BCUT2D eigenvalue weighted by atomic mass is 35.5. The number of fused-ring (bicyclic) bond motifs is 1. The molecule has 1 amide bonds. The van der Waals surface area contributed by atoms with Crippen molar-refractivity contribution in [3.05, 3.63) is 94.0 Å². The third-order valence-corrected chi connectivity index (χ3v) is 5.47. The zero-order valence-corrected chi connectivity index (χ0v) is 17.1. The molecule has 1 aromatic heterocycles. The molecule has 0 atom stereocenters. The fourth-order valence-electron chi connectivity index (χ4n) is 2.93. The van der Waals surface area contributed by atoms with Gasteiger partial charge in [-0.25, -0.2) is 9.37 Å². The Bertz CT molecular complexity index is 1310. The zero-order valence-electron chi connectivity index (χ0n) is 15.5. The highest BCUT2D eigenvalue weighted by Gasteiger charge is 2.15. The number of hydrogen-bond donors (Lipinski definition) is 1. The van der Waals surface area contributed by atoms with Crippen molar-refractivity contribution in [3.8, 4) is 5.69 Å². The van der Waals surface area contributed by atoms with Crippen molar-refractivity contribution in [2.45, 2.75) is 5.16 Å². The summed E-state index contributed by atoms with van der Waals surface area (Å²) in [6, 6.07) is 19.8. The molecule has 0 saturated heterocycles. The maximum atomic E-state index is 13.8. The molecule has 0 radical (unpaired) electrons. The van der Waals surface area contributed by atoms with Crippen LogP contribution >= 0.6 is 23.4 Å². The van der Waals surface area contributed by atoms with Gasteiger partial charge in [0, 0.05) is 5.02 Å². The summed E-state index contributed by atoms with van der Waals surface area (Å²) in [6.45, 7) is 0. The predicted octanol–water partition coefficient (Wildman–Crippen LogP) is 4.91. The lowest BCUT2D eigenvalue weighted by molar-refractivity contribution is -0.113. The SMILES string of the molecule is O=C(CSc1nc2ccccc2c(=O)n1-c1cccc(Cl)c1)Nc1ccccc1F. The van der Waals surface area contributed by atoms with E-state index in [9.17, 15) is 14.0 Å². The average Bonchev–Trinajstić information content (AvgIpc) is 2.74. The predicted molar refractivity (Wildman–Crippen MR) is 118 cm³/mol. The Labute approximate surface area is 180 Å². The van der Waals surface area contributed by atoms with Crippen LogP contribution in [0.4, 0.5) is 10.1 Å². The van der Waals surface area contributed by atoms with Gasteiger partial charge in [-0.2, -0.15) is 0 Å². The average molecular weight is 440 g/mol. The zero-order chi connectivity index (χ0) is 21.1. The summed E-state index contributed by atoms with van der Waals surface area (Å²) >= 11 is 7.19. The minimum atomic E-state index is -0.518. The van der Waals surface area contributed by atoms with E-state index < -0.39 is 11.7 Å². The molecular formula is C22H15ClFN3O2S. The van der Waals surface area contributed by atoms with Gasteiger partial charge in [0.05, 0.1) is 28.0 Å². The van der Waals surface area contributed by atoms with Crippen LogP contribution in [-0.4, -0.2) is 21.2 Å². The monoisotopic (exact) mass is 439 g/mol. The van der Waals surface area contributed by atoms with E-state index in [-0.39, 0.29) is 17.0 Å². The molecule has 0 saturated carbocycles. The van der Waals surface area contributed by atoms with Crippen LogP contribution in [0, 0.1) is 5.82 Å². The normalized spacial score (nSPS) is 10.9. The first-order valence-electron chi connectivity index (χ1n) is 8.98. The van der Waals surface area contributed by atoms with Crippen LogP contribution in [0.5, 0.6) is 0 Å². The van der Waals surface area contributed by atoms with E-state index in [1.165, 1.54) is 16.7 Å². The fourth-order valence-corrected chi connectivity index (χ4v) is 3.93. The molecule has 150 valence electrons. The number of halogens is 2. The summed E-state index contributed by atoms with van der Waals surface area (Å²) in [5, 5.41) is 3.80. The van der Waals surface area contributed by atoms with Crippen LogP contribution in [0.15, 0.2) is 82.7 Å². The largest absolute Gasteiger partial charge is 0.323 e. The number of rotatable bonds is 5. The van der Waals surface area contributed by atoms with Crippen molar-refractivity contribution in [2.75, 3.05) is 11.1 Å². The van der Waals surface area contributed by atoms with Gasteiger partial charge in [0.25, 0.3) is 5.56 Å². The standard InChI is InChI=1S/C22H15ClFN3O2S/c23-14-6-5-7-15(12-14)27-21(29)16-8-1-3-10-18(16)26-22(27)30-13-20(28)25-19-11-4-2-9-17(19)24/h1-12H,13H2,(H,25,28). The van der Waals surface area contributed by atoms with Crippen LogP contribution in [0.3, 0.4) is 0 Å². The highest BCUT2D eigenvalue weighted by Crippen LogP contribution is 2.23. The molecule has 3 aromatic carbocycles. The molecular weight excluding hydrogens is 425 g/mol. The van der Waals surface area contributed by atoms with Gasteiger partial charge in [0.15, 0.2) is 5.16 Å². The molecule has 1 heterocycles. The Hall–Kier alpha value is -3.16. The number of thioether (sulfide) groups is 1. The molecule has 5 nitrogen and oxygen atoms in total. The second kappa shape index (κ2) is 8.69. The number of anilines is 1. The van der Waals surface area contributed by atoms with Gasteiger partial charge in [0.2, 0.25) is 5.91 Å². The van der Waals surface area contributed by atoms with Crippen LogP contribution < -0.4 is 10.9 Å². The lowest BCUT2D eigenvalue weighted by atomic mass is 10.2. The van der Waals surface area contributed by atoms with Gasteiger partial charge in [0.1, 0.15) is 5.82 Å². The number of hydrogen-bond acceptors (Lipinski definition) is 4. The van der Waals surface area contributed by atoms with Gasteiger partial charge in [-0.15, -0.1) is 0 Å². The molecule has 4 rings (SSSR count). The molecule has 0 aliphatic carbocycles. The number of benzene rings is 3. The molecule has 0 bridgehead atoms. The quantitative estimate of drug-likeness (QED) is 0.354. The number of carbonyl (C=O) groups excluding carboxylic acids is 1. The number of amides is 1. The second-order valence-corrected chi connectivity index (χ2v) is 7.73. The first-order valence-corrected chi connectivity index (χ1v) is 10.3. The number of nitrogens with one attached hydrogen (secondary N) is 1. The highest BCUT2D eigenvalue weighted by molar-refractivity contribution is 7.99. The van der Waals surface area contributed by atoms with Gasteiger partial charge in [-0.05, 0) is 42.5 Å². The Morgan fingerprint density at radius 3 is 2.63 bits per heavy atom. The van der Waals surface area contributed by atoms with Gasteiger partial charge in [-0.3, -0.25) is 14.2 Å². The molecule has 0 aliphatic heterocycles. The van der Waals surface area contributed by atoms with E-state index in [2.05, 4.69) is 10.3 Å². The molecule has 8 heteroatoms. The third kappa shape index (κ3) is 4.22. The lowest BCUT2D eigenvalue weighted by Gasteiger charge is -2.13. The number of aromatic nitrogens is 2. The molecule has 1 N–H and O–H groups in total. The van der Waals surface area contributed by atoms with Crippen molar-refractivity contribution in [3.63, 3.8) is 0 Å². The molecule has 30 heavy (non-hydrogen) atoms. The number of carbonyl (C=O) groups is 1. The van der Waals surface area contributed by atoms with Crippen LogP contribution in [0.1, 0.15) is 0 Å². The molecule has 4 aromatic rings. The minimum absolute atomic E-state index is 0.0559. The van der Waals surface area contributed by atoms with Crippen LogP contribution in [0.2, 0.25) is 5.02 Å². The fraction of sp³-hybridized carbons (Fsp3) is 0.0455. The first kappa shape index (κ1) is 20.1. The van der Waals surface area contributed by atoms with Crippen molar-refractivity contribution in [1.82, 2.24) is 9.55 Å².